The van der Waals surface area contributed by atoms with Crippen LogP contribution < -0.4 is 0 Å². The van der Waals surface area contributed by atoms with E-state index in [1.54, 1.807) is 6.07 Å². The van der Waals surface area contributed by atoms with Crippen LogP contribution in [0.25, 0.3) is 0 Å². The molecule has 0 spiro atoms. The molecule has 1 nitrogen and oxygen atoms in total. The lowest BCUT2D eigenvalue weighted by molar-refractivity contribution is 0.0965. The summed E-state index contributed by atoms with van der Waals surface area (Å²) < 4.78 is 0.974. The first kappa shape index (κ1) is 14.1. The van der Waals surface area contributed by atoms with Crippen LogP contribution in [0.1, 0.15) is 28.3 Å². The Morgan fingerprint density at radius 1 is 1.10 bits per heavy atom. The Labute approximate surface area is 136 Å². The zero-order valence-corrected chi connectivity index (χ0v) is 13.5. The minimum Gasteiger partial charge on any atom is -0.294 e. The van der Waals surface area contributed by atoms with Crippen molar-refractivity contribution in [1.29, 1.82) is 0 Å². The van der Waals surface area contributed by atoms with E-state index in [1.165, 1.54) is 0 Å². The standard InChI is InChI=1S/C16H11BrCl2O/c17-10-3-1-9(2-4-10)16(20)14-8-13(14)12-6-5-11(18)7-15(12)19/h1-7,13-14H,8H2/t13-,14+/m0/s1. The van der Waals surface area contributed by atoms with Gasteiger partial charge in [0.2, 0.25) is 0 Å². The second kappa shape index (κ2) is 5.51. The molecular weight excluding hydrogens is 359 g/mol. The van der Waals surface area contributed by atoms with Crippen LogP contribution in [-0.2, 0) is 0 Å². The van der Waals surface area contributed by atoms with Crippen LogP contribution in [0.4, 0.5) is 0 Å². The van der Waals surface area contributed by atoms with E-state index < -0.39 is 0 Å². The summed E-state index contributed by atoms with van der Waals surface area (Å²) in [5.41, 5.74) is 1.78. The Morgan fingerprint density at radius 2 is 1.80 bits per heavy atom. The Kier molecular flexibility index (Phi) is 3.89. The molecule has 0 amide bonds. The number of carbonyl (C=O) groups is 1. The molecule has 0 saturated heterocycles. The summed E-state index contributed by atoms with van der Waals surface area (Å²) in [4.78, 5) is 12.4. The highest BCUT2D eigenvalue weighted by atomic mass is 79.9. The lowest BCUT2D eigenvalue weighted by Crippen LogP contribution is -2.03. The number of hydrogen-bond donors (Lipinski definition) is 0. The van der Waals surface area contributed by atoms with E-state index >= 15 is 0 Å². The second-order valence-corrected chi connectivity index (χ2v) is 6.74. The van der Waals surface area contributed by atoms with Crippen LogP contribution in [0.5, 0.6) is 0 Å². The van der Waals surface area contributed by atoms with E-state index in [0.29, 0.717) is 10.0 Å². The number of carbonyl (C=O) groups excluding carboxylic acids is 1. The van der Waals surface area contributed by atoms with Crippen molar-refractivity contribution in [2.75, 3.05) is 0 Å². The summed E-state index contributed by atoms with van der Waals surface area (Å²) in [7, 11) is 0. The fraction of sp³-hybridized carbons (Fsp3) is 0.188. The first-order valence-electron chi connectivity index (χ1n) is 6.31. The lowest BCUT2D eigenvalue weighted by atomic mass is 10.0. The number of hydrogen-bond acceptors (Lipinski definition) is 1. The van der Waals surface area contributed by atoms with E-state index in [-0.39, 0.29) is 17.6 Å². The summed E-state index contributed by atoms with van der Waals surface area (Å²) in [6.45, 7) is 0. The van der Waals surface area contributed by atoms with Crippen LogP contribution in [-0.4, -0.2) is 5.78 Å². The van der Waals surface area contributed by atoms with Gasteiger partial charge in [-0.1, -0.05) is 57.3 Å². The molecule has 0 N–H and O–H groups in total. The highest BCUT2D eigenvalue weighted by molar-refractivity contribution is 9.10. The number of benzene rings is 2. The highest BCUT2D eigenvalue weighted by Crippen LogP contribution is 2.51. The minimum absolute atomic E-state index is 0.0369. The van der Waals surface area contributed by atoms with Crippen LogP contribution in [0.3, 0.4) is 0 Å². The van der Waals surface area contributed by atoms with Crippen LogP contribution in [0.2, 0.25) is 10.0 Å². The molecule has 20 heavy (non-hydrogen) atoms. The molecule has 2 atom stereocenters. The predicted molar refractivity (Wildman–Crippen MR) is 85.8 cm³/mol. The smallest absolute Gasteiger partial charge is 0.166 e. The molecule has 2 aromatic carbocycles. The van der Waals surface area contributed by atoms with E-state index in [2.05, 4.69) is 15.9 Å². The molecule has 0 unspecified atom stereocenters. The first-order chi connectivity index (χ1) is 9.56. The molecule has 2 aromatic rings. The van der Waals surface area contributed by atoms with Crippen LogP contribution >= 0.6 is 39.1 Å². The maximum atomic E-state index is 12.4. The van der Waals surface area contributed by atoms with Crippen molar-refractivity contribution in [2.45, 2.75) is 12.3 Å². The quantitative estimate of drug-likeness (QED) is 0.630. The van der Waals surface area contributed by atoms with Gasteiger partial charge in [0.05, 0.1) is 0 Å². The summed E-state index contributed by atoms with van der Waals surface area (Å²) >= 11 is 15.5. The zero-order valence-electron chi connectivity index (χ0n) is 10.4. The molecule has 1 aliphatic carbocycles. The molecule has 102 valence electrons. The van der Waals surface area contributed by atoms with E-state index in [9.17, 15) is 4.79 Å². The molecule has 0 aliphatic heterocycles. The topological polar surface area (TPSA) is 17.1 Å². The fourth-order valence-electron chi connectivity index (χ4n) is 2.46. The molecular formula is C16H11BrCl2O. The molecule has 4 heteroatoms. The zero-order chi connectivity index (χ0) is 14.3. The van der Waals surface area contributed by atoms with Crippen molar-refractivity contribution in [3.05, 3.63) is 68.1 Å². The second-order valence-electron chi connectivity index (χ2n) is 4.99. The van der Waals surface area contributed by atoms with Crippen molar-refractivity contribution in [2.24, 2.45) is 5.92 Å². The average Bonchev–Trinajstić information content (AvgIpc) is 3.19. The van der Waals surface area contributed by atoms with Crippen molar-refractivity contribution in [1.82, 2.24) is 0 Å². The summed E-state index contributed by atoms with van der Waals surface area (Å²) in [6, 6.07) is 13.0. The maximum absolute atomic E-state index is 12.4. The Bertz CT molecular complexity index is 667. The van der Waals surface area contributed by atoms with Crippen LogP contribution in [0.15, 0.2) is 46.9 Å². The Morgan fingerprint density at radius 3 is 2.45 bits per heavy atom. The van der Waals surface area contributed by atoms with Gasteiger partial charge in [-0.05, 0) is 42.2 Å². The minimum atomic E-state index is 0.0369. The predicted octanol–water partition coefficient (Wildman–Crippen LogP) is 5.74. The van der Waals surface area contributed by atoms with Gasteiger partial charge in [0.15, 0.2) is 5.78 Å². The number of ketones is 1. The normalized spacial score (nSPS) is 20.8. The van der Waals surface area contributed by atoms with Gasteiger partial charge >= 0.3 is 0 Å². The Hall–Kier alpha value is -0.830. The molecule has 0 heterocycles. The van der Waals surface area contributed by atoms with Gasteiger partial charge in [-0.15, -0.1) is 0 Å². The van der Waals surface area contributed by atoms with E-state index in [4.69, 9.17) is 23.2 Å². The van der Waals surface area contributed by atoms with Crippen LogP contribution in [0, 0.1) is 5.92 Å². The van der Waals surface area contributed by atoms with Gasteiger partial charge in [0, 0.05) is 26.0 Å². The third-order valence-corrected chi connectivity index (χ3v) is 4.71. The summed E-state index contributed by atoms with van der Waals surface area (Å²) in [6.07, 6.45) is 0.857. The van der Waals surface area contributed by atoms with Crippen molar-refractivity contribution in [3.63, 3.8) is 0 Å². The molecule has 1 fully saturated rings. The summed E-state index contributed by atoms with van der Waals surface area (Å²) in [5.74, 6) is 0.444. The average molecular weight is 370 g/mol. The first-order valence-corrected chi connectivity index (χ1v) is 7.86. The Balaban J connectivity index is 1.78. The number of Topliss-reactive ketones (excluding diaryl/α,β-unsaturated/α-hetero) is 1. The van der Waals surface area contributed by atoms with E-state index in [0.717, 1.165) is 22.0 Å². The number of halogens is 3. The van der Waals surface area contributed by atoms with Gasteiger partial charge in [-0.2, -0.15) is 0 Å². The molecule has 3 rings (SSSR count). The van der Waals surface area contributed by atoms with Gasteiger partial charge in [0.25, 0.3) is 0 Å². The van der Waals surface area contributed by atoms with Gasteiger partial charge in [-0.3, -0.25) is 4.79 Å². The highest BCUT2D eigenvalue weighted by Gasteiger charge is 2.44. The third-order valence-electron chi connectivity index (χ3n) is 3.62. The molecule has 0 aromatic heterocycles. The summed E-state index contributed by atoms with van der Waals surface area (Å²) in [5, 5.41) is 1.27. The largest absolute Gasteiger partial charge is 0.294 e. The van der Waals surface area contributed by atoms with Crippen molar-refractivity contribution in [3.8, 4) is 0 Å². The molecule has 0 radical (unpaired) electrons. The van der Waals surface area contributed by atoms with Gasteiger partial charge < -0.3 is 0 Å². The monoisotopic (exact) mass is 368 g/mol. The lowest BCUT2D eigenvalue weighted by Gasteiger charge is -2.04. The molecule has 1 aliphatic rings. The van der Waals surface area contributed by atoms with Gasteiger partial charge in [0.1, 0.15) is 0 Å². The number of rotatable bonds is 3. The van der Waals surface area contributed by atoms with Crippen molar-refractivity contribution < 1.29 is 4.79 Å². The third kappa shape index (κ3) is 2.78. The fourth-order valence-corrected chi connectivity index (χ4v) is 3.27. The van der Waals surface area contributed by atoms with Crippen molar-refractivity contribution >= 4 is 44.9 Å². The van der Waals surface area contributed by atoms with E-state index in [1.807, 2.05) is 36.4 Å². The molecule has 0 bridgehead atoms. The molecule has 1 saturated carbocycles. The van der Waals surface area contributed by atoms with Gasteiger partial charge in [-0.25, -0.2) is 0 Å². The SMILES string of the molecule is O=C(c1ccc(Br)cc1)[C@@H]1C[C@H]1c1ccc(Cl)cc1Cl. The maximum Gasteiger partial charge on any atom is 0.166 e.